The van der Waals surface area contributed by atoms with Crippen molar-refractivity contribution in [3.63, 3.8) is 0 Å². The Morgan fingerprint density at radius 3 is 2.24 bits per heavy atom. The second-order valence-corrected chi connectivity index (χ2v) is 7.62. The van der Waals surface area contributed by atoms with E-state index in [0.717, 1.165) is 5.56 Å². The van der Waals surface area contributed by atoms with Crippen LogP contribution < -0.4 is 4.74 Å². The first-order valence-electron chi connectivity index (χ1n) is 6.84. The van der Waals surface area contributed by atoms with Crippen LogP contribution >= 0.6 is 23.5 Å². The fourth-order valence-electron chi connectivity index (χ4n) is 2.10. The number of carbonyl (C=O) groups excluding carboxylic acids is 1. The number of hydrogen-bond acceptors (Lipinski definition) is 4. The standard InChI is InChI=1S/C17H16O2S2/c1-12-2-4-13(5-3-12)16(18)19-15-8-6-14(7-9-15)17-20-10-11-21-17/h2-9,17H,10-11H2,1H3. The number of carbonyl (C=O) groups is 1. The van der Waals surface area contributed by atoms with E-state index in [1.54, 1.807) is 12.1 Å². The highest BCUT2D eigenvalue weighted by atomic mass is 32.2. The van der Waals surface area contributed by atoms with Gasteiger partial charge in [-0.05, 0) is 36.8 Å². The van der Waals surface area contributed by atoms with Crippen molar-refractivity contribution in [2.75, 3.05) is 11.5 Å². The molecule has 1 aliphatic heterocycles. The number of benzene rings is 2. The van der Waals surface area contributed by atoms with E-state index in [-0.39, 0.29) is 5.97 Å². The molecule has 0 N–H and O–H groups in total. The van der Waals surface area contributed by atoms with E-state index in [4.69, 9.17) is 4.74 Å². The molecule has 108 valence electrons. The lowest BCUT2D eigenvalue weighted by atomic mass is 10.1. The summed E-state index contributed by atoms with van der Waals surface area (Å²) in [6.07, 6.45) is 0. The Balaban J connectivity index is 1.67. The quantitative estimate of drug-likeness (QED) is 0.606. The Morgan fingerprint density at radius 2 is 1.62 bits per heavy atom. The Kier molecular flexibility index (Phi) is 4.56. The van der Waals surface area contributed by atoms with E-state index in [2.05, 4.69) is 0 Å². The minimum Gasteiger partial charge on any atom is -0.423 e. The van der Waals surface area contributed by atoms with Gasteiger partial charge in [0.15, 0.2) is 0 Å². The van der Waals surface area contributed by atoms with Gasteiger partial charge in [-0.25, -0.2) is 4.79 Å². The van der Waals surface area contributed by atoms with Crippen molar-refractivity contribution in [1.29, 1.82) is 0 Å². The van der Waals surface area contributed by atoms with Gasteiger partial charge >= 0.3 is 5.97 Å². The summed E-state index contributed by atoms with van der Waals surface area (Å²) in [5, 5.41) is 0. The molecule has 2 aromatic rings. The number of esters is 1. The fourth-order valence-corrected chi connectivity index (χ4v) is 4.96. The first kappa shape index (κ1) is 14.5. The Bertz CT molecular complexity index is 614. The van der Waals surface area contributed by atoms with E-state index in [1.165, 1.54) is 17.1 Å². The third-order valence-corrected chi connectivity index (χ3v) is 6.38. The summed E-state index contributed by atoms with van der Waals surface area (Å²) in [4.78, 5) is 12.0. The van der Waals surface area contributed by atoms with Crippen LogP contribution in [-0.2, 0) is 0 Å². The highest BCUT2D eigenvalue weighted by Crippen LogP contribution is 2.45. The molecular formula is C17H16O2S2. The van der Waals surface area contributed by atoms with Crippen molar-refractivity contribution in [3.05, 3.63) is 65.2 Å². The lowest BCUT2D eigenvalue weighted by Crippen LogP contribution is -2.08. The van der Waals surface area contributed by atoms with E-state index >= 15 is 0 Å². The molecule has 1 aliphatic rings. The van der Waals surface area contributed by atoms with Crippen LogP contribution in [0.3, 0.4) is 0 Å². The van der Waals surface area contributed by atoms with Gasteiger partial charge in [-0.15, -0.1) is 23.5 Å². The van der Waals surface area contributed by atoms with Gasteiger partial charge in [0.2, 0.25) is 0 Å². The second-order valence-electron chi connectivity index (χ2n) is 4.90. The van der Waals surface area contributed by atoms with E-state index in [0.29, 0.717) is 15.9 Å². The summed E-state index contributed by atoms with van der Waals surface area (Å²) in [5.74, 6) is 2.70. The SMILES string of the molecule is Cc1ccc(C(=O)Oc2ccc(C3SCCS3)cc2)cc1. The van der Waals surface area contributed by atoms with Crippen molar-refractivity contribution in [3.8, 4) is 5.75 Å². The molecule has 0 radical (unpaired) electrons. The molecule has 0 aromatic heterocycles. The smallest absolute Gasteiger partial charge is 0.343 e. The molecule has 1 heterocycles. The van der Waals surface area contributed by atoms with Gasteiger partial charge in [0.25, 0.3) is 0 Å². The molecule has 0 amide bonds. The van der Waals surface area contributed by atoms with E-state index in [9.17, 15) is 4.79 Å². The van der Waals surface area contributed by atoms with Crippen LogP contribution in [0, 0.1) is 6.92 Å². The van der Waals surface area contributed by atoms with Crippen LogP contribution in [0.5, 0.6) is 5.75 Å². The third kappa shape index (κ3) is 3.63. The normalized spacial score (nSPS) is 15.1. The molecule has 2 aromatic carbocycles. The van der Waals surface area contributed by atoms with Crippen molar-refractivity contribution in [1.82, 2.24) is 0 Å². The number of hydrogen-bond donors (Lipinski definition) is 0. The zero-order valence-electron chi connectivity index (χ0n) is 11.7. The minimum absolute atomic E-state index is 0.313. The zero-order valence-corrected chi connectivity index (χ0v) is 13.4. The third-order valence-electron chi connectivity index (χ3n) is 3.27. The number of thioether (sulfide) groups is 2. The molecule has 1 saturated heterocycles. The second kappa shape index (κ2) is 6.58. The minimum atomic E-state index is -0.313. The average molecular weight is 316 g/mol. The molecule has 4 heteroatoms. The maximum atomic E-state index is 12.0. The molecule has 21 heavy (non-hydrogen) atoms. The van der Waals surface area contributed by atoms with Crippen LogP contribution in [-0.4, -0.2) is 17.5 Å². The Morgan fingerprint density at radius 1 is 1.00 bits per heavy atom. The fraction of sp³-hybridized carbons (Fsp3) is 0.235. The topological polar surface area (TPSA) is 26.3 Å². The summed E-state index contributed by atoms with van der Waals surface area (Å²) < 4.78 is 5.93. The molecule has 0 aliphatic carbocycles. The largest absolute Gasteiger partial charge is 0.423 e. The summed E-state index contributed by atoms with van der Waals surface area (Å²) in [6.45, 7) is 1.99. The van der Waals surface area contributed by atoms with Crippen molar-refractivity contribution < 1.29 is 9.53 Å². The van der Waals surface area contributed by atoms with E-state index < -0.39 is 0 Å². The van der Waals surface area contributed by atoms with E-state index in [1.807, 2.05) is 66.8 Å². The first-order chi connectivity index (χ1) is 10.2. The lowest BCUT2D eigenvalue weighted by molar-refractivity contribution is 0.0735. The van der Waals surface area contributed by atoms with Crippen LogP contribution in [0.1, 0.15) is 26.1 Å². The number of ether oxygens (including phenoxy) is 1. The predicted molar refractivity (Wildman–Crippen MR) is 90.2 cm³/mol. The van der Waals surface area contributed by atoms with Crippen LogP contribution in [0.15, 0.2) is 48.5 Å². The van der Waals surface area contributed by atoms with Gasteiger partial charge in [-0.2, -0.15) is 0 Å². The molecular weight excluding hydrogens is 300 g/mol. The average Bonchev–Trinajstić information content (AvgIpc) is 3.03. The van der Waals surface area contributed by atoms with Crippen molar-refractivity contribution in [2.24, 2.45) is 0 Å². The van der Waals surface area contributed by atoms with Gasteiger partial charge in [-0.1, -0.05) is 29.8 Å². The lowest BCUT2D eigenvalue weighted by Gasteiger charge is -2.09. The zero-order chi connectivity index (χ0) is 14.7. The molecule has 3 rings (SSSR count). The van der Waals surface area contributed by atoms with Gasteiger partial charge in [-0.3, -0.25) is 0 Å². The molecule has 0 saturated carbocycles. The molecule has 1 fully saturated rings. The summed E-state index contributed by atoms with van der Waals surface area (Å²) in [7, 11) is 0. The molecule has 0 atom stereocenters. The number of rotatable bonds is 3. The van der Waals surface area contributed by atoms with Gasteiger partial charge in [0, 0.05) is 11.5 Å². The Hall–Kier alpha value is -1.39. The summed E-state index contributed by atoms with van der Waals surface area (Å²) >= 11 is 3.94. The maximum absolute atomic E-state index is 12.0. The number of aryl methyl sites for hydroxylation is 1. The summed E-state index contributed by atoms with van der Waals surface area (Å²) in [5.41, 5.74) is 2.99. The highest BCUT2D eigenvalue weighted by molar-refractivity contribution is 8.19. The Labute approximate surface area is 133 Å². The van der Waals surface area contributed by atoms with Gasteiger partial charge < -0.3 is 4.74 Å². The molecule has 0 unspecified atom stereocenters. The summed E-state index contributed by atoms with van der Waals surface area (Å²) in [6, 6.07) is 15.3. The van der Waals surface area contributed by atoms with Crippen LogP contribution in [0.4, 0.5) is 0 Å². The van der Waals surface area contributed by atoms with Gasteiger partial charge in [0.05, 0.1) is 10.1 Å². The monoisotopic (exact) mass is 316 g/mol. The maximum Gasteiger partial charge on any atom is 0.343 e. The van der Waals surface area contributed by atoms with Crippen molar-refractivity contribution in [2.45, 2.75) is 11.5 Å². The molecule has 0 spiro atoms. The molecule has 0 bridgehead atoms. The van der Waals surface area contributed by atoms with Crippen LogP contribution in [0.25, 0.3) is 0 Å². The predicted octanol–water partition coefficient (Wildman–Crippen LogP) is 4.69. The van der Waals surface area contributed by atoms with Gasteiger partial charge in [0.1, 0.15) is 5.75 Å². The highest BCUT2D eigenvalue weighted by Gasteiger charge is 2.18. The first-order valence-corrected chi connectivity index (χ1v) is 8.94. The molecule has 2 nitrogen and oxygen atoms in total. The van der Waals surface area contributed by atoms with Crippen molar-refractivity contribution >= 4 is 29.5 Å². The van der Waals surface area contributed by atoms with Crippen LogP contribution in [0.2, 0.25) is 0 Å².